The number of allylic oxidation sites excluding steroid dienone is 3. The van der Waals surface area contributed by atoms with Crippen LogP contribution in [0.1, 0.15) is 83.6 Å². The van der Waals surface area contributed by atoms with Gasteiger partial charge in [-0.2, -0.15) is 0 Å². The lowest BCUT2D eigenvalue weighted by Gasteiger charge is -2.35. The third-order valence-corrected chi connectivity index (χ3v) is 11.0. The fraction of sp³-hybridized carbons (Fsp3) is 0.415. The molecular formula is C41H48ClN9O7. The second kappa shape index (κ2) is 17.2. The number of benzene rings is 1. The first-order valence-electron chi connectivity index (χ1n) is 19.0. The van der Waals surface area contributed by atoms with Gasteiger partial charge in [0.15, 0.2) is 12.0 Å². The number of hydrogen-bond donors (Lipinski definition) is 1. The predicted molar refractivity (Wildman–Crippen MR) is 217 cm³/mol. The first-order chi connectivity index (χ1) is 27.7. The Morgan fingerprint density at radius 2 is 1.76 bits per heavy atom. The van der Waals surface area contributed by atoms with Gasteiger partial charge < -0.3 is 28.9 Å². The van der Waals surface area contributed by atoms with E-state index in [0.29, 0.717) is 72.7 Å². The zero-order valence-corrected chi connectivity index (χ0v) is 34.4. The lowest BCUT2D eigenvalue weighted by atomic mass is 9.88. The molecule has 17 heteroatoms. The summed E-state index contributed by atoms with van der Waals surface area (Å²) in [5.41, 5.74) is 4.01. The fourth-order valence-electron chi connectivity index (χ4n) is 7.84. The lowest BCUT2D eigenvalue weighted by Crippen LogP contribution is -2.51. The molecular weight excluding hydrogens is 766 g/mol. The second-order valence-electron chi connectivity index (χ2n) is 15.1. The van der Waals surface area contributed by atoms with Crippen molar-refractivity contribution in [2.24, 2.45) is 0 Å². The Hall–Kier alpha value is -6.03. The van der Waals surface area contributed by atoms with Crippen molar-refractivity contribution in [1.82, 2.24) is 34.6 Å². The van der Waals surface area contributed by atoms with E-state index in [1.807, 2.05) is 36.6 Å². The first kappa shape index (κ1) is 41.6. The second-order valence-corrected chi connectivity index (χ2v) is 15.6. The van der Waals surface area contributed by atoms with Crippen molar-refractivity contribution in [2.45, 2.75) is 64.1 Å². The lowest BCUT2D eigenvalue weighted by molar-refractivity contribution is -0.134. The van der Waals surface area contributed by atoms with Gasteiger partial charge >= 0.3 is 0 Å². The number of likely N-dealkylation sites (N-methyl/N-ethyl adjacent to an activating group) is 1. The zero-order chi connectivity index (χ0) is 42.0. The van der Waals surface area contributed by atoms with E-state index < -0.39 is 11.9 Å². The molecule has 0 radical (unpaired) electrons. The number of likely N-dealkylation sites (tertiary alicyclic amines) is 1. The number of halogens is 1. The number of aromatic nitrogens is 3. The van der Waals surface area contributed by atoms with Crippen LogP contribution in [0.15, 0.2) is 53.5 Å². The average molecular weight is 814 g/mol. The minimum Gasteiger partial charge on any atom is -0.480 e. The molecule has 3 aliphatic rings. The largest absolute Gasteiger partial charge is 0.480 e. The van der Waals surface area contributed by atoms with E-state index in [4.69, 9.17) is 21.3 Å². The molecule has 0 aliphatic carbocycles. The Morgan fingerprint density at radius 1 is 1.03 bits per heavy atom. The number of imide groups is 1. The summed E-state index contributed by atoms with van der Waals surface area (Å²) in [6.07, 6.45) is 7.80. The molecule has 5 heterocycles. The summed E-state index contributed by atoms with van der Waals surface area (Å²) in [6, 6.07) is 6.83. The number of hydrogen-bond acceptors (Lipinski definition) is 11. The van der Waals surface area contributed by atoms with Gasteiger partial charge in [0.05, 0.1) is 52.6 Å². The molecule has 306 valence electrons. The van der Waals surface area contributed by atoms with Crippen molar-refractivity contribution in [3.8, 4) is 17.3 Å². The Balaban J connectivity index is 1.21. The van der Waals surface area contributed by atoms with Crippen LogP contribution in [0.3, 0.4) is 0 Å². The summed E-state index contributed by atoms with van der Waals surface area (Å²) in [7, 11) is 8.50. The number of imidazole rings is 1. The number of rotatable bonds is 13. The highest BCUT2D eigenvalue weighted by Crippen LogP contribution is 2.39. The van der Waals surface area contributed by atoms with Crippen LogP contribution >= 0.6 is 11.6 Å². The average Bonchev–Trinajstić information content (AvgIpc) is 3.74. The number of carbonyl (C=O) groups excluding carboxylic acids is 6. The molecule has 16 nitrogen and oxygen atoms in total. The number of nitrogens with one attached hydrogen (secondary N) is 1. The quantitative estimate of drug-likeness (QED) is 0.114. The molecule has 2 saturated heterocycles. The number of methoxy groups -OCH3 is 1. The minimum absolute atomic E-state index is 0.0888. The van der Waals surface area contributed by atoms with E-state index in [1.54, 1.807) is 55.2 Å². The number of fused-ring (bicyclic) bond motifs is 1. The highest BCUT2D eigenvalue weighted by atomic mass is 35.5. The number of aldehydes is 1. The van der Waals surface area contributed by atoms with Gasteiger partial charge in [-0.3, -0.25) is 39.0 Å². The van der Waals surface area contributed by atoms with Gasteiger partial charge in [-0.1, -0.05) is 17.7 Å². The third-order valence-electron chi connectivity index (χ3n) is 10.8. The van der Waals surface area contributed by atoms with Gasteiger partial charge in [0.25, 0.3) is 11.8 Å². The monoisotopic (exact) mass is 813 g/mol. The van der Waals surface area contributed by atoms with Gasteiger partial charge in [0.2, 0.25) is 24.1 Å². The van der Waals surface area contributed by atoms with Gasteiger partial charge in [-0.15, -0.1) is 0 Å². The fourth-order valence-corrected chi connectivity index (χ4v) is 8.14. The van der Waals surface area contributed by atoms with Crippen molar-refractivity contribution in [3.63, 3.8) is 0 Å². The van der Waals surface area contributed by atoms with Crippen LogP contribution in [-0.4, -0.2) is 120 Å². The highest BCUT2D eigenvalue weighted by Gasteiger charge is 2.38. The zero-order valence-electron chi connectivity index (χ0n) is 33.7. The van der Waals surface area contributed by atoms with E-state index in [-0.39, 0.29) is 65.0 Å². The maximum absolute atomic E-state index is 14.0. The molecule has 6 rings (SSSR count). The smallest absolute Gasteiger partial charge is 0.279 e. The number of nitrogens with zero attached hydrogens (tertiary/aromatic N) is 8. The van der Waals surface area contributed by atoms with E-state index >= 15 is 0 Å². The molecule has 2 fully saturated rings. The Bertz CT molecular complexity index is 2210. The number of anilines is 2. The van der Waals surface area contributed by atoms with Crippen LogP contribution < -0.4 is 19.9 Å². The maximum atomic E-state index is 14.0. The van der Waals surface area contributed by atoms with Gasteiger partial charge in [-0.25, -0.2) is 9.97 Å². The molecule has 0 saturated carbocycles. The van der Waals surface area contributed by atoms with Crippen LogP contribution in [0, 0.1) is 0 Å². The summed E-state index contributed by atoms with van der Waals surface area (Å²) in [5, 5.41) is 2.68. The van der Waals surface area contributed by atoms with Crippen molar-refractivity contribution in [2.75, 3.05) is 58.2 Å². The SMILES string of the molecule is COc1ncc(C(=O)N2CCC(c3ccc(N(C)C4CCC(=O)NC4=O)c(N(C)C=O)c3)CC2)cc1-c1nc2c(n1C(C)C)CN(/C(C=O)=C/C(Cl)=C\N(C)C)C2=O. The van der Waals surface area contributed by atoms with E-state index in [9.17, 15) is 28.8 Å². The summed E-state index contributed by atoms with van der Waals surface area (Å²) < 4.78 is 7.53. The summed E-state index contributed by atoms with van der Waals surface area (Å²) in [5.74, 6) is -0.570. The standard InChI is InChI=1S/C41H48ClN9O7/c1-24(2)51-34-21-50(29(22-52)18-28(42)20-46(3)4)41(57)36(34)45-37(51)30-16-27(19-43-39(30)58-7)40(56)49-14-12-25(13-15-49)26-8-9-31(33(17-26)47(5)23-53)48(6)32-10-11-35(54)44-38(32)55/h8-9,16-20,22-25,32H,10-15,21H2,1-7H3,(H,44,54,55)/b28-20+,29-18+. The molecule has 5 amide bonds. The Labute approximate surface area is 342 Å². The molecule has 1 N–H and O–H groups in total. The number of piperidine rings is 2. The van der Waals surface area contributed by atoms with Crippen molar-refractivity contribution in [3.05, 3.63) is 76.0 Å². The minimum atomic E-state index is -0.552. The molecule has 1 unspecified atom stereocenters. The van der Waals surface area contributed by atoms with Crippen LogP contribution in [0.5, 0.6) is 5.88 Å². The maximum Gasteiger partial charge on any atom is 0.279 e. The highest BCUT2D eigenvalue weighted by molar-refractivity contribution is 6.31. The van der Waals surface area contributed by atoms with Crippen LogP contribution in [-0.2, 0) is 25.7 Å². The van der Waals surface area contributed by atoms with Crippen molar-refractivity contribution < 1.29 is 33.5 Å². The van der Waals surface area contributed by atoms with E-state index in [0.717, 1.165) is 12.0 Å². The molecule has 2 aromatic heterocycles. The molecule has 58 heavy (non-hydrogen) atoms. The molecule has 3 aliphatic heterocycles. The molecule has 1 atom stereocenters. The molecule has 0 spiro atoms. The molecule has 0 bridgehead atoms. The third kappa shape index (κ3) is 8.19. The van der Waals surface area contributed by atoms with Crippen LogP contribution in [0.25, 0.3) is 11.4 Å². The van der Waals surface area contributed by atoms with Crippen LogP contribution in [0.2, 0.25) is 0 Å². The Kier molecular flexibility index (Phi) is 12.4. The van der Waals surface area contributed by atoms with E-state index in [1.165, 1.54) is 29.2 Å². The van der Waals surface area contributed by atoms with Crippen molar-refractivity contribution in [1.29, 1.82) is 0 Å². The van der Waals surface area contributed by atoms with Gasteiger partial charge in [0, 0.05) is 66.1 Å². The van der Waals surface area contributed by atoms with Gasteiger partial charge in [0.1, 0.15) is 11.9 Å². The number of carbonyl (C=O) groups is 6. The van der Waals surface area contributed by atoms with Gasteiger partial charge in [-0.05, 0) is 68.9 Å². The number of pyridine rings is 1. The summed E-state index contributed by atoms with van der Waals surface area (Å²) in [4.78, 5) is 93.6. The molecule has 1 aromatic carbocycles. The number of amides is 5. The first-order valence-corrected chi connectivity index (χ1v) is 19.4. The molecule has 3 aromatic rings. The summed E-state index contributed by atoms with van der Waals surface area (Å²) >= 11 is 6.32. The topological polar surface area (TPSA) is 171 Å². The normalized spacial score (nSPS) is 17.7. The van der Waals surface area contributed by atoms with Crippen LogP contribution in [0.4, 0.5) is 11.4 Å². The predicted octanol–water partition coefficient (Wildman–Crippen LogP) is 4.07. The summed E-state index contributed by atoms with van der Waals surface area (Å²) in [6.45, 7) is 4.94. The van der Waals surface area contributed by atoms with E-state index in [2.05, 4.69) is 10.3 Å². The van der Waals surface area contributed by atoms with Crippen molar-refractivity contribution >= 4 is 59.3 Å². The Morgan fingerprint density at radius 3 is 2.38 bits per heavy atom. The number of ether oxygens (including phenoxy) is 1.